The van der Waals surface area contributed by atoms with E-state index in [2.05, 4.69) is 35.9 Å². The molecular weight excluding hydrogens is 352 g/mol. The van der Waals surface area contributed by atoms with Gasteiger partial charge in [-0.25, -0.2) is 9.97 Å². The quantitative estimate of drug-likeness (QED) is 0.636. The van der Waals surface area contributed by atoms with Crippen LogP contribution in [0.3, 0.4) is 0 Å². The topological polar surface area (TPSA) is 51.6 Å². The van der Waals surface area contributed by atoms with Crippen LogP contribution in [0.15, 0.2) is 35.1 Å². The maximum absolute atomic E-state index is 6.23. The summed E-state index contributed by atoms with van der Waals surface area (Å²) in [5.41, 5.74) is 3.58. The van der Waals surface area contributed by atoms with E-state index in [1.807, 2.05) is 18.2 Å². The molecule has 0 radical (unpaired) electrons. The zero-order valence-electron chi connectivity index (χ0n) is 10.9. The standard InChI is InChI=1S/C15H10BrClN4/c16-12-13(8-1-2-8)20-15(21-14(12)17)9-3-4-10-11(7-9)19-6-5-18-10/h3-8H,1-2H2. The Balaban J connectivity index is 1.87. The van der Waals surface area contributed by atoms with E-state index in [0.29, 0.717) is 16.9 Å². The van der Waals surface area contributed by atoms with Gasteiger partial charge in [-0.3, -0.25) is 9.97 Å². The molecule has 4 rings (SSSR count). The van der Waals surface area contributed by atoms with Gasteiger partial charge in [0.25, 0.3) is 0 Å². The molecular formula is C15H10BrClN4. The minimum Gasteiger partial charge on any atom is -0.253 e. The first-order valence-corrected chi connectivity index (χ1v) is 7.83. The molecule has 4 nitrogen and oxygen atoms in total. The number of benzene rings is 1. The summed E-state index contributed by atoms with van der Waals surface area (Å²) in [5.74, 6) is 1.14. The Kier molecular flexibility index (Phi) is 3.12. The van der Waals surface area contributed by atoms with Gasteiger partial charge < -0.3 is 0 Å². The second kappa shape index (κ2) is 5.00. The van der Waals surface area contributed by atoms with Crippen molar-refractivity contribution >= 4 is 38.6 Å². The van der Waals surface area contributed by atoms with Crippen LogP contribution in [0.25, 0.3) is 22.4 Å². The van der Waals surface area contributed by atoms with E-state index in [9.17, 15) is 0 Å². The van der Waals surface area contributed by atoms with Crippen LogP contribution < -0.4 is 0 Å². The van der Waals surface area contributed by atoms with Gasteiger partial charge in [0.1, 0.15) is 5.15 Å². The lowest BCUT2D eigenvalue weighted by Gasteiger charge is -2.08. The van der Waals surface area contributed by atoms with Gasteiger partial charge in [0.15, 0.2) is 5.82 Å². The second-order valence-electron chi connectivity index (χ2n) is 5.07. The smallest absolute Gasteiger partial charge is 0.161 e. The molecule has 0 unspecified atom stereocenters. The summed E-state index contributed by atoms with van der Waals surface area (Å²) in [6.07, 6.45) is 5.68. The molecule has 0 amide bonds. The summed E-state index contributed by atoms with van der Waals surface area (Å²) in [4.78, 5) is 17.6. The Bertz CT molecular complexity index is 848. The Morgan fingerprint density at radius 2 is 1.81 bits per heavy atom. The van der Waals surface area contributed by atoms with Crippen molar-refractivity contribution in [1.29, 1.82) is 0 Å². The summed E-state index contributed by atoms with van der Waals surface area (Å²) < 4.78 is 0.816. The highest BCUT2D eigenvalue weighted by Gasteiger charge is 2.29. The normalized spacial score (nSPS) is 14.6. The van der Waals surface area contributed by atoms with Crippen molar-refractivity contribution in [1.82, 2.24) is 19.9 Å². The molecule has 6 heteroatoms. The lowest BCUT2D eigenvalue weighted by atomic mass is 10.1. The predicted molar refractivity (Wildman–Crippen MR) is 85.2 cm³/mol. The molecule has 2 heterocycles. The average Bonchev–Trinajstić information content (AvgIpc) is 3.34. The molecule has 0 bridgehead atoms. The molecule has 1 fully saturated rings. The predicted octanol–water partition coefficient (Wildman–Crippen LogP) is 4.38. The van der Waals surface area contributed by atoms with Crippen LogP contribution in [0.2, 0.25) is 5.15 Å². The Hall–Kier alpha value is -1.59. The maximum atomic E-state index is 6.23. The van der Waals surface area contributed by atoms with Gasteiger partial charge in [-0.05, 0) is 47.0 Å². The first-order chi connectivity index (χ1) is 10.2. The van der Waals surface area contributed by atoms with Crippen molar-refractivity contribution in [2.24, 2.45) is 0 Å². The van der Waals surface area contributed by atoms with Crippen LogP contribution in [0.4, 0.5) is 0 Å². The lowest BCUT2D eigenvalue weighted by Crippen LogP contribution is -1.97. The number of aromatic nitrogens is 4. The van der Waals surface area contributed by atoms with Crippen LogP contribution in [0, 0.1) is 0 Å². The zero-order chi connectivity index (χ0) is 14.4. The maximum Gasteiger partial charge on any atom is 0.161 e. The molecule has 0 saturated heterocycles. The summed E-state index contributed by atoms with van der Waals surface area (Å²) in [5, 5.41) is 0.459. The fraction of sp³-hybridized carbons (Fsp3) is 0.200. The van der Waals surface area contributed by atoms with Crippen molar-refractivity contribution in [3.8, 4) is 11.4 Å². The van der Waals surface area contributed by atoms with Crippen LogP contribution in [0.1, 0.15) is 24.5 Å². The van der Waals surface area contributed by atoms with Gasteiger partial charge in [-0.2, -0.15) is 0 Å². The first-order valence-electron chi connectivity index (χ1n) is 6.66. The summed E-state index contributed by atoms with van der Waals surface area (Å²) >= 11 is 9.72. The molecule has 21 heavy (non-hydrogen) atoms. The number of fused-ring (bicyclic) bond motifs is 1. The van der Waals surface area contributed by atoms with Crippen molar-refractivity contribution in [2.75, 3.05) is 0 Å². The first kappa shape index (κ1) is 13.1. The third-order valence-corrected chi connectivity index (χ3v) is 4.81. The Morgan fingerprint density at radius 1 is 1.05 bits per heavy atom. The molecule has 2 aromatic heterocycles. The minimum atomic E-state index is 0.459. The van der Waals surface area contributed by atoms with Gasteiger partial charge in [-0.1, -0.05) is 11.6 Å². The van der Waals surface area contributed by atoms with E-state index in [1.165, 1.54) is 0 Å². The van der Waals surface area contributed by atoms with Crippen LogP contribution in [-0.2, 0) is 0 Å². The molecule has 1 aliphatic carbocycles. The molecule has 1 saturated carbocycles. The lowest BCUT2D eigenvalue weighted by molar-refractivity contribution is 0.980. The average molecular weight is 362 g/mol. The molecule has 1 aliphatic rings. The molecule has 1 aromatic carbocycles. The SMILES string of the molecule is Clc1nc(-c2ccc3nccnc3c2)nc(C2CC2)c1Br. The highest BCUT2D eigenvalue weighted by Crippen LogP contribution is 2.44. The Morgan fingerprint density at radius 3 is 2.57 bits per heavy atom. The third kappa shape index (κ3) is 2.40. The fourth-order valence-electron chi connectivity index (χ4n) is 2.29. The summed E-state index contributed by atoms with van der Waals surface area (Å²) in [7, 11) is 0. The summed E-state index contributed by atoms with van der Waals surface area (Å²) in [6, 6.07) is 5.82. The van der Waals surface area contributed by atoms with E-state index in [0.717, 1.165) is 39.6 Å². The summed E-state index contributed by atoms with van der Waals surface area (Å²) in [6.45, 7) is 0. The monoisotopic (exact) mass is 360 g/mol. The van der Waals surface area contributed by atoms with E-state index in [-0.39, 0.29) is 0 Å². The van der Waals surface area contributed by atoms with E-state index < -0.39 is 0 Å². The molecule has 104 valence electrons. The molecule has 0 spiro atoms. The zero-order valence-corrected chi connectivity index (χ0v) is 13.3. The number of hydrogen-bond donors (Lipinski definition) is 0. The van der Waals surface area contributed by atoms with Gasteiger partial charge in [0.05, 0.1) is 21.2 Å². The number of nitrogens with zero attached hydrogens (tertiary/aromatic N) is 4. The minimum absolute atomic E-state index is 0.459. The van der Waals surface area contributed by atoms with Crippen molar-refractivity contribution < 1.29 is 0 Å². The van der Waals surface area contributed by atoms with E-state index in [1.54, 1.807) is 12.4 Å². The van der Waals surface area contributed by atoms with Gasteiger partial charge >= 0.3 is 0 Å². The van der Waals surface area contributed by atoms with Gasteiger partial charge in [0.2, 0.25) is 0 Å². The van der Waals surface area contributed by atoms with Crippen LogP contribution in [0.5, 0.6) is 0 Å². The van der Waals surface area contributed by atoms with Crippen molar-refractivity contribution in [2.45, 2.75) is 18.8 Å². The number of hydrogen-bond acceptors (Lipinski definition) is 4. The molecule has 0 N–H and O–H groups in total. The number of rotatable bonds is 2. The highest BCUT2D eigenvalue weighted by atomic mass is 79.9. The highest BCUT2D eigenvalue weighted by molar-refractivity contribution is 9.10. The molecule has 3 aromatic rings. The largest absolute Gasteiger partial charge is 0.253 e. The van der Waals surface area contributed by atoms with E-state index >= 15 is 0 Å². The second-order valence-corrected chi connectivity index (χ2v) is 6.22. The molecule has 0 atom stereocenters. The molecule has 0 aliphatic heterocycles. The fourth-order valence-corrected chi connectivity index (χ4v) is 2.97. The van der Waals surface area contributed by atoms with E-state index in [4.69, 9.17) is 11.6 Å². The van der Waals surface area contributed by atoms with Gasteiger partial charge in [0, 0.05) is 23.9 Å². The van der Waals surface area contributed by atoms with Crippen molar-refractivity contribution in [3.05, 3.63) is 45.9 Å². The number of halogens is 2. The third-order valence-electron chi connectivity index (χ3n) is 3.53. The van der Waals surface area contributed by atoms with Gasteiger partial charge in [-0.15, -0.1) is 0 Å². The van der Waals surface area contributed by atoms with Crippen molar-refractivity contribution in [3.63, 3.8) is 0 Å². The Labute approximate surface area is 134 Å². The van der Waals surface area contributed by atoms with Crippen LogP contribution in [-0.4, -0.2) is 19.9 Å². The van der Waals surface area contributed by atoms with Crippen LogP contribution >= 0.6 is 27.5 Å².